The Kier molecular flexibility index (Phi) is 7.33. The van der Waals surface area contributed by atoms with E-state index in [0.717, 1.165) is 9.87 Å². The molecule has 24 heavy (non-hydrogen) atoms. The zero-order valence-electron chi connectivity index (χ0n) is 13.9. The number of ether oxygens (including phenoxy) is 1. The van der Waals surface area contributed by atoms with Crippen LogP contribution < -0.4 is 5.32 Å². The van der Waals surface area contributed by atoms with Gasteiger partial charge in [-0.15, -0.1) is 0 Å². The van der Waals surface area contributed by atoms with E-state index in [1.54, 1.807) is 12.1 Å². The zero-order chi connectivity index (χ0) is 18.3. The number of hydrogen-bond acceptors (Lipinski definition) is 5. The highest BCUT2D eigenvalue weighted by Crippen LogP contribution is 2.19. The van der Waals surface area contributed by atoms with Gasteiger partial charge in [-0.3, -0.25) is 9.59 Å². The molecule has 2 N–H and O–H groups in total. The van der Waals surface area contributed by atoms with E-state index in [-0.39, 0.29) is 23.9 Å². The van der Waals surface area contributed by atoms with Crippen molar-refractivity contribution in [1.82, 2.24) is 9.62 Å². The van der Waals surface area contributed by atoms with Gasteiger partial charge in [0.1, 0.15) is 6.04 Å². The summed E-state index contributed by atoms with van der Waals surface area (Å²) in [6.07, 6.45) is 0. The number of rotatable bonds is 9. The third kappa shape index (κ3) is 5.29. The van der Waals surface area contributed by atoms with Gasteiger partial charge in [0.15, 0.2) is 0 Å². The minimum Gasteiger partial charge on any atom is -0.480 e. The lowest BCUT2D eigenvalue weighted by Gasteiger charge is -2.25. The molecule has 0 radical (unpaired) electrons. The molecule has 0 aliphatic heterocycles. The zero-order valence-corrected chi connectivity index (χ0v) is 14.7. The van der Waals surface area contributed by atoms with Crippen LogP contribution in [0.15, 0.2) is 29.2 Å². The molecule has 1 atom stereocenters. The van der Waals surface area contributed by atoms with Gasteiger partial charge in [-0.1, -0.05) is 12.1 Å². The number of methoxy groups -OCH3 is 1. The first-order valence-electron chi connectivity index (χ1n) is 7.27. The lowest BCUT2D eigenvalue weighted by Crippen LogP contribution is -2.46. The average Bonchev–Trinajstić information content (AvgIpc) is 2.51. The van der Waals surface area contributed by atoms with Crippen molar-refractivity contribution < 1.29 is 27.9 Å². The van der Waals surface area contributed by atoms with Gasteiger partial charge in [0.2, 0.25) is 15.9 Å². The van der Waals surface area contributed by atoms with Gasteiger partial charge >= 0.3 is 5.97 Å². The minimum atomic E-state index is -4.01. The number of benzene rings is 1. The van der Waals surface area contributed by atoms with Crippen molar-refractivity contribution in [3.05, 3.63) is 29.8 Å². The molecule has 9 heteroatoms. The summed E-state index contributed by atoms with van der Waals surface area (Å²) in [5.41, 5.74) is 0.799. The molecular formula is C15H22N2O6S. The van der Waals surface area contributed by atoms with Crippen LogP contribution in [0.4, 0.5) is 0 Å². The Labute approximate surface area is 141 Å². The van der Waals surface area contributed by atoms with Crippen molar-refractivity contribution in [2.24, 2.45) is 0 Å². The molecular weight excluding hydrogens is 336 g/mol. The number of carbonyl (C=O) groups excluding carboxylic acids is 1. The molecule has 1 aromatic carbocycles. The van der Waals surface area contributed by atoms with E-state index in [1.165, 1.54) is 33.1 Å². The Morgan fingerprint density at radius 1 is 1.29 bits per heavy atom. The molecule has 1 rings (SSSR count). The number of amides is 1. The summed E-state index contributed by atoms with van der Waals surface area (Å²) in [6, 6.07) is 4.76. The van der Waals surface area contributed by atoms with Crippen molar-refractivity contribution in [3.8, 4) is 0 Å². The Morgan fingerprint density at radius 2 is 1.88 bits per heavy atom. The maximum Gasteiger partial charge on any atom is 0.321 e. The van der Waals surface area contributed by atoms with Gasteiger partial charge in [-0.25, -0.2) is 8.42 Å². The molecule has 0 saturated carbocycles. The molecule has 1 aromatic rings. The second kappa shape index (κ2) is 8.76. The lowest BCUT2D eigenvalue weighted by atomic mass is 10.2. The highest BCUT2D eigenvalue weighted by atomic mass is 32.2. The van der Waals surface area contributed by atoms with E-state index in [9.17, 15) is 23.1 Å². The van der Waals surface area contributed by atoms with Crippen molar-refractivity contribution in [1.29, 1.82) is 0 Å². The van der Waals surface area contributed by atoms with Crippen molar-refractivity contribution in [3.63, 3.8) is 0 Å². The first-order chi connectivity index (χ1) is 11.2. The van der Waals surface area contributed by atoms with Crippen LogP contribution in [-0.2, 0) is 31.0 Å². The number of sulfonamides is 1. The lowest BCUT2D eigenvalue weighted by molar-refractivity contribution is -0.140. The highest BCUT2D eigenvalue weighted by Gasteiger charge is 2.32. The molecule has 1 amide bonds. The van der Waals surface area contributed by atoms with E-state index in [0.29, 0.717) is 6.61 Å². The van der Waals surface area contributed by atoms with Crippen LogP contribution in [0.5, 0.6) is 0 Å². The van der Waals surface area contributed by atoms with Crippen LogP contribution in [0.3, 0.4) is 0 Å². The molecule has 0 saturated heterocycles. The fraction of sp³-hybridized carbons (Fsp3) is 0.467. The summed E-state index contributed by atoms with van der Waals surface area (Å²) in [6.45, 7) is 2.81. The quantitative estimate of drug-likeness (QED) is 0.662. The van der Waals surface area contributed by atoms with Crippen LogP contribution in [0.2, 0.25) is 0 Å². The van der Waals surface area contributed by atoms with E-state index in [2.05, 4.69) is 5.32 Å². The third-order valence-electron chi connectivity index (χ3n) is 3.34. The number of aliphatic carboxylic acids is 1. The van der Waals surface area contributed by atoms with Crippen molar-refractivity contribution in [2.45, 2.75) is 31.4 Å². The SMILES string of the molecule is COCc1ccc(S(=O)(=O)N(CCNC(C)=O)C(C)C(=O)O)cc1. The Bertz CT molecular complexity index is 672. The Hall–Kier alpha value is -1.97. The summed E-state index contributed by atoms with van der Waals surface area (Å²) in [7, 11) is -2.48. The molecule has 0 bridgehead atoms. The highest BCUT2D eigenvalue weighted by molar-refractivity contribution is 7.89. The molecule has 0 aliphatic rings. The van der Waals surface area contributed by atoms with Gasteiger partial charge in [0.25, 0.3) is 0 Å². The molecule has 0 heterocycles. The van der Waals surface area contributed by atoms with Gasteiger partial charge in [-0.05, 0) is 24.6 Å². The number of hydrogen-bond donors (Lipinski definition) is 2. The van der Waals surface area contributed by atoms with Crippen LogP contribution in [0, 0.1) is 0 Å². The fourth-order valence-corrected chi connectivity index (χ4v) is 3.64. The molecule has 0 spiro atoms. The molecule has 1 unspecified atom stereocenters. The van der Waals surface area contributed by atoms with E-state index >= 15 is 0 Å². The average molecular weight is 358 g/mol. The summed E-state index contributed by atoms with van der Waals surface area (Å²) in [5, 5.41) is 11.6. The van der Waals surface area contributed by atoms with Gasteiger partial charge < -0.3 is 15.2 Å². The predicted octanol–water partition coefficient (Wildman–Crippen LogP) is 0.433. The summed E-state index contributed by atoms with van der Waals surface area (Å²) >= 11 is 0. The number of nitrogens with zero attached hydrogens (tertiary/aromatic N) is 1. The van der Waals surface area contributed by atoms with Crippen LogP contribution in [0.25, 0.3) is 0 Å². The molecule has 0 aromatic heterocycles. The van der Waals surface area contributed by atoms with Crippen LogP contribution in [-0.4, -0.2) is 55.9 Å². The summed E-state index contributed by atoms with van der Waals surface area (Å²) < 4.78 is 31.3. The first kappa shape index (κ1) is 20.1. The maximum absolute atomic E-state index is 12.7. The van der Waals surface area contributed by atoms with E-state index in [1.807, 2.05) is 0 Å². The standard InChI is InChI=1S/C15H22N2O6S/c1-11(15(19)20)17(9-8-16-12(2)18)24(21,22)14-6-4-13(5-7-14)10-23-3/h4-7,11H,8-10H2,1-3H3,(H,16,18)(H,19,20). The van der Waals surface area contributed by atoms with Crippen molar-refractivity contribution >= 4 is 21.9 Å². The second-order valence-electron chi connectivity index (χ2n) is 5.19. The molecule has 0 aliphatic carbocycles. The van der Waals surface area contributed by atoms with Crippen LogP contribution >= 0.6 is 0 Å². The normalized spacial score (nSPS) is 12.8. The van der Waals surface area contributed by atoms with Gasteiger partial charge in [-0.2, -0.15) is 4.31 Å². The predicted molar refractivity (Wildman–Crippen MR) is 86.8 cm³/mol. The molecule has 8 nitrogen and oxygen atoms in total. The Balaban J connectivity index is 3.08. The maximum atomic E-state index is 12.7. The fourth-order valence-electron chi connectivity index (χ4n) is 2.05. The molecule has 134 valence electrons. The minimum absolute atomic E-state index is 0.0155. The smallest absolute Gasteiger partial charge is 0.321 e. The topological polar surface area (TPSA) is 113 Å². The van der Waals surface area contributed by atoms with Gasteiger partial charge in [0.05, 0.1) is 11.5 Å². The number of carboxylic acid groups (broad SMARTS) is 1. The second-order valence-corrected chi connectivity index (χ2v) is 7.08. The number of carbonyl (C=O) groups is 2. The van der Waals surface area contributed by atoms with Gasteiger partial charge in [0, 0.05) is 27.1 Å². The Morgan fingerprint density at radius 3 is 2.33 bits per heavy atom. The van der Waals surface area contributed by atoms with Crippen molar-refractivity contribution in [2.75, 3.05) is 20.2 Å². The number of carboxylic acids is 1. The first-order valence-corrected chi connectivity index (χ1v) is 8.71. The van der Waals surface area contributed by atoms with Crippen LogP contribution in [0.1, 0.15) is 19.4 Å². The summed E-state index contributed by atoms with van der Waals surface area (Å²) in [4.78, 5) is 22.2. The van der Waals surface area contributed by atoms with E-state index in [4.69, 9.17) is 4.74 Å². The summed E-state index contributed by atoms with van der Waals surface area (Å²) in [5.74, 6) is -1.59. The monoisotopic (exact) mass is 358 g/mol. The van der Waals surface area contributed by atoms with E-state index < -0.39 is 22.0 Å². The largest absolute Gasteiger partial charge is 0.480 e. The third-order valence-corrected chi connectivity index (χ3v) is 5.32. The molecule has 0 fully saturated rings. The number of nitrogens with one attached hydrogen (secondary N) is 1.